The van der Waals surface area contributed by atoms with E-state index in [0.29, 0.717) is 101 Å². The summed E-state index contributed by atoms with van der Waals surface area (Å²) < 4.78 is 218. The number of para-hydroxylation sites is 2. The standard InChI is InChI=1S/C118H101BN6/c1-76-42-50-87(51-43-76)120(88-52-44-77(2)45-53-88)91-60-64-107-101(72-91)95-38-26-28-40-105(95)122(107)93-58-62-103-109(74-93)124(114-97(80-30-18-14-19-31-80)66-84(116(5,6)7)67-98(114)81-32-20-15-21-33-81)111-70-86(118(11,12)13)71-112-113(111)119(103)104-63-59-94(75-110(104)125(112)115-99(82-34-22-16-23-35-82)68-85(117(8,9)10)69-100(115)83-36-24-17-25-37-83)123-106-41-29-27-39-96(106)102-73-92(61-65-108(102)123)121(89-54-46-78(3)47-55-89)90-56-48-79(4)49-57-90/h14-75H,1-13H3/i26D,27D,28D,29D,38D,39D,40D,41D,58D,59D,60D,61D,62D,63D,64D,65D,72D,73D,74D,75D. The molecule has 0 amide bonds. The molecule has 0 atom stereocenters. The second-order valence-corrected chi connectivity index (χ2v) is 36.1. The summed E-state index contributed by atoms with van der Waals surface area (Å²) in [6.45, 7) is 24.9. The Labute approximate surface area is 764 Å². The first-order chi connectivity index (χ1) is 68.9. The topological polar surface area (TPSA) is 22.8 Å². The summed E-state index contributed by atoms with van der Waals surface area (Å²) in [4.78, 5) is 7.23. The molecule has 2 aliphatic rings. The Morgan fingerprint density at radius 1 is 0.272 bits per heavy atom. The van der Waals surface area contributed by atoms with E-state index in [2.05, 4.69) is 86.6 Å². The van der Waals surface area contributed by atoms with Crippen molar-refractivity contribution in [1.82, 2.24) is 9.13 Å². The maximum absolute atomic E-state index is 12.2. The Bertz CT molecular complexity index is 7990. The average molecular weight is 1630 g/mol. The molecule has 4 heterocycles. The SMILES string of the molecule is [2H]c1c([2H])c(-n2c3c([2H])c([2H])c([2H])c([2H])c3c3c([2H])c(N(c4ccc(C)cc4)c4ccc(C)cc4)c([2H])c([2H])c32)c([2H])c2c1B1c3c(cc(C(C)(C)C)cc3N(c3c(-c4ccccc4)cc(C(C)(C)C)cc3-c3ccccc3)c3c([2H])c(-n4c5c([2H])c([2H])c([2H])c([2H])c5c5c([2H])c(N(c6ccc(C)cc6)c6ccc(C)cc6)c([2H])c([2H])c54)c([2H])c([2H])c31)N2c1c(-c2ccccc2)cc(C(C)(C)C)cc1-c1ccccc1. The predicted molar refractivity (Wildman–Crippen MR) is 535 cm³/mol. The van der Waals surface area contributed by atoms with Crippen molar-refractivity contribution in [1.29, 1.82) is 0 Å². The number of benzene rings is 17. The van der Waals surface area contributed by atoms with Gasteiger partial charge < -0.3 is 28.7 Å². The van der Waals surface area contributed by atoms with Gasteiger partial charge in [0.25, 0.3) is 6.71 Å². The van der Waals surface area contributed by atoms with Crippen molar-refractivity contribution in [3.63, 3.8) is 0 Å². The minimum atomic E-state index is -1.66. The summed E-state index contributed by atoms with van der Waals surface area (Å²) in [5, 5.41) is -1.02. The minimum absolute atomic E-state index is 0.133. The van der Waals surface area contributed by atoms with Gasteiger partial charge in [-0.3, -0.25) is 0 Å². The van der Waals surface area contributed by atoms with Gasteiger partial charge in [-0.1, -0.05) is 303 Å². The van der Waals surface area contributed by atoms with Crippen LogP contribution in [-0.4, -0.2) is 15.8 Å². The van der Waals surface area contributed by atoms with E-state index >= 15 is 0 Å². The van der Waals surface area contributed by atoms with E-state index in [-0.39, 0.29) is 77.3 Å². The monoisotopic (exact) mass is 1630 g/mol. The van der Waals surface area contributed by atoms with Crippen LogP contribution in [0.3, 0.4) is 0 Å². The molecule has 0 radical (unpaired) electrons. The molecule has 125 heavy (non-hydrogen) atoms. The summed E-state index contributed by atoms with van der Waals surface area (Å²) in [7, 11) is 0. The van der Waals surface area contributed by atoms with Crippen molar-refractivity contribution in [2.45, 2.75) is 106 Å². The van der Waals surface area contributed by atoms with Gasteiger partial charge >= 0.3 is 0 Å². The summed E-state index contributed by atoms with van der Waals surface area (Å²) in [6, 6.07) is 68.5. The minimum Gasteiger partial charge on any atom is -0.310 e. The van der Waals surface area contributed by atoms with Crippen LogP contribution in [0.4, 0.5) is 68.2 Å². The van der Waals surface area contributed by atoms with E-state index in [4.69, 9.17) is 0 Å². The molecule has 0 N–H and O–H groups in total. The van der Waals surface area contributed by atoms with Crippen LogP contribution >= 0.6 is 0 Å². The van der Waals surface area contributed by atoms with Crippen LogP contribution in [0.1, 0.15) is 129 Å². The van der Waals surface area contributed by atoms with Crippen LogP contribution in [0.2, 0.25) is 0 Å². The van der Waals surface area contributed by atoms with Gasteiger partial charge in [0.2, 0.25) is 0 Å². The van der Waals surface area contributed by atoms with Gasteiger partial charge in [0, 0.05) is 112 Å². The molecule has 0 bridgehead atoms. The fraction of sp³-hybridized carbons (Fsp3) is 0.136. The number of aromatic nitrogens is 2. The summed E-state index contributed by atoms with van der Waals surface area (Å²) >= 11 is 0. The molecule has 0 unspecified atom stereocenters. The molecule has 2 aromatic heterocycles. The van der Waals surface area contributed by atoms with Crippen LogP contribution in [-0.2, 0) is 16.2 Å². The zero-order valence-electron chi connectivity index (χ0n) is 92.0. The Hall–Kier alpha value is -14.4. The van der Waals surface area contributed by atoms with Crippen molar-refractivity contribution >= 4 is 135 Å². The summed E-state index contributed by atoms with van der Waals surface area (Å²) in [5.41, 5.74) is 9.62. The Balaban J connectivity index is 0.994. The first kappa shape index (κ1) is 58.6. The number of hydrogen-bond donors (Lipinski definition) is 0. The van der Waals surface area contributed by atoms with Crippen molar-refractivity contribution in [3.05, 3.63) is 415 Å². The lowest BCUT2D eigenvalue weighted by molar-refractivity contribution is 0.590. The molecule has 2 aliphatic heterocycles. The molecule has 0 saturated heterocycles. The maximum Gasteiger partial charge on any atom is 0.252 e. The summed E-state index contributed by atoms with van der Waals surface area (Å²) in [6.07, 6.45) is 0. The molecule has 0 spiro atoms. The van der Waals surface area contributed by atoms with Crippen LogP contribution in [0.5, 0.6) is 0 Å². The Morgan fingerprint density at radius 3 is 0.864 bits per heavy atom. The number of aryl methyl sites for hydroxylation is 4. The highest BCUT2D eigenvalue weighted by molar-refractivity contribution is 7.00. The molecular weight excluding hydrogens is 1510 g/mol. The first-order valence-electron chi connectivity index (χ1n) is 52.5. The number of anilines is 12. The van der Waals surface area contributed by atoms with Crippen LogP contribution in [0, 0.1) is 27.7 Å². The molecule has 21 rings (SSSR count). The van der Waals surface area contributed by atoms with Crippen LogP contribution in [0.15, 0.2) is 376 Å². The van der Waals surface area contributed by atoms with Gasteiger partial charge in [0.1, 0.15) is 0 Å². The van der Waals surface area contributed by atoms with E-state index in [1.54, 1.807) is 9.80 Å². The average Bonchev–Trinajstić information content (AvgIpc) is 1.45. The quantitative estimate of drug-likeness (QED) is 0.101. The van der Waals surface area contributed by atoms with E-state index in [1.807, 2.05) is 268 Å². The van der Waals surface area contributed by atoms with Crippen molar-refractivity contribution < 1.29 is 27.4 Å². The molecule has 6 nitrogen and oxygen atoms in total. The Morgan fingerprint density at radius 2 is 0.560 bits per heavy atom. The predicted octanol–water partition coefficient (Wildman–Crippen LogP) is 30.7. The van der Waals surface area contributed by atoms with Crippen molar-refractivity contribution in [2.24, 2.45) is 0 Å². The maximum atomic E-state index is 12.2. The molecule has 17 aromatic carbocycles. The third kappa shape index (κ3) is 13.6. The van der Waals surface area contributed by atoms with Gasteiger partial charge in [-0.05, 0) is 257 Å². The third-order valence-corrected chi connectivity index (χ3v) is 24.5. The van der Waals surface area contributed by atoms with E-state index in [9.17, 15) is 27.4 Å². The van der Waals surface area contributed by atoms with Crippen LogP contribution in [0.25, 0.3) is 99.5 Å². The molecule has 0 aliphatic carbocycles. The lowest BCUT2D eigenvalue weighted by Gasteiger charge is -2.47. The largest absolute Gasteiger partial charge is 0.310 e. The highest BCUT2D eigenvalue weighted by Crippen LogP contribution is 2.57. The second-order valence-electron chi connectivity index (χ2n) is 36.1. The fourth-order valence-electron chi connectivity index (χ4n) is 17.9. The molecule has 7 heteroatoms. The van der Waals surface area contributed by atoms with E-state index in [1.165, 1.54) is 9.13 Å². The van der Waals surface area contributed by atoms with Gasteiger partial charge in [-0.15, -0.1) is 0 Å². The van der Waals surface area contributed by atoms with Gasteiger partial charge in [-0.25, -0.2) is 0 Å². The van der Waals surface area contributed by atoms with E-state index < -0.39 is 155 Å². The molecule has 0 fully saturated rings. The normalized spacial score (nSPS) is 14.9. The number of fused-ring (bicyclic) bond motifs is 10. The second kappa shape index (κ2) is 30.3. The molecule has 19 aromatic rings. The first-order valence-corrected chi connectivity index (χ1v) is 42.5. The van der Waals surface area contributed by atoms with E-state index in [0.717, 1.165) is 33.4 Å². The Kier molecular flexibility index (Phi) is 14.2. The third-order valence-electron chi connectivity index (χ3n) is 24.5. The van der Waals surface area contributed by atoms with Gasteiger partial charge in [-0.2, -0.15) is 0 Å². The smallest absolute Gasteiger partial charge is 0.252 e. The van der Waals surface area contributed by atoms with Crippen molar-refractivity contribution in [2.75, 3.05) is 19.6 Å². The van der Waals surface area contributed by atoms with Gasteiger partial charge in [0.05, 0.1) is 60.9 Å². The lowest BCUT2D eigenvalue weighted by atomic mass is 9.33. The molecule has 0 saturated carbocycles. The summed E-state index contributed by atoms with van der Waals surface area (Å²) in [5.74, 6) is 0. The number of hydrogen-bond acceptors (Lipinski definition) is 4. The van der Waals surface area contributed by atoms with Crippen LogP contribution < -0.4 is 36.0 Å². The highest BCUT2D eigenvalue weighted by atomic mass is 15.2. The number of nitrogens with zero attached hydrogens (tertiary/aromatic N) is 6. The zero-order chi connectivity index (χ0) is 103. The zero-order valence-corrected chi connectivity index (χ0v) is 72.0. The number of rotatable bonds is 14. The lowest BCUT2D eigenvalue weighted by Crippen LogP contribution is -2.61. The van der Waals surface area contributed by atoms with Gasteiger partial charge in [0.15, 0.2) is 0 Å². The molecule has 606 valence electrons. The highest BCUT2D eigenvalue weighted by Gasteiger charge is 2.47. The fourth-order valence-corrected chi connectivity index (χ4v) is 17.9. The van der Waals surface area contributed by atoms with Crippen molar-refractivity contribution in [3.8, 4) is 55.9 Å². The molecular formula is C118H101BN6.